The maximum atomic E-state index is 11.8. The monoisotopic (exact) mass is 198 g/mol. The van der Waals surface area contributed by atoms with Crippen LogP contribution in [0.1, 0.15) is 12.5 Å². The standard InChI is InChI=1S/C11H15FO2/c1-2-13-9-10-3-5-11(6-4-10)14-8-7-12/h3-6H,2,7-9H2,1H3. The van der Waals surface area contributed by atoms with Crippen molar-refractivity contribution in [2.45, 2.75) is 13.5 Å². The zero-order valence-corrected chi connectivity index (χ0v) is 8.33. The second kappa shape index (κ2) is 6.38. The summed E-state index contributed by atoms with van der Waals surface area (Å²) in [6.45, 7) is 2.93. The Bertz CT molecular complexity index is 219. The average molecular weight is 198 g/mol. The normalized spacial score (nSPS) is 10.1. The molecule has 0 heterocycles. The number of benzene rings is 1. The fraction of sp³-hybridized carbons (Fsp3) is 0.455. The molecule has 0 aliphatic rings. The van der Waals surface area contributed by atoms with E-state index in [1.807, 2.05) is 31.2 Å². The van der Waals surface area contributed by atoms with E-state index in [1.165, 1.54) is 0 Å². The minimum Gasteiger partial charge on any atom is -0.491 e. The highest BCUT2D eigenvalue weighted by Crippen LogP contribution is 2.12. The van der Waals surface area contributed by atoms with Gasteiger partial charge in [-0.1, -0.05) is 12.1 Å². The zero-order valence-electron chi connectivity index (χ0n) is 8.33. The van der Waals surface area contributed by atoms with Crippen molar-refractivity contribution in [2.24, 2.45) is 0 Å². The predicted molar refractivity (Wildman–Crippen MR) is 53.2 cm³/mol. The molecular weight excluding hydrogens is 183 g/mol. The maximum Gasteiger partial charge on any atom is 0.123 e. The van der Waals surface area contributed by atoms with Gasteiger partial charge in [-0.15, -0.1) is 0 Å². The Balaban J connectivity index is 2.42. The second-order valence-electron chi connectivity index (χ2n) is 2.82. The first-order chi connectivity index (χ1) is 6.86. The molecule has 14 heavy (non-hydrogen) atoms. The fourth-order valence-corrected chi connectivity index (χ4v) is 1.06. The first-order valence-corrected chi connectivity index (χ1v) is 4.72. The summed E-state index contributed by atoms with van der Waals surface area (Å²) in [5.74, 6) is 0.697. The Kier molecular flexibility index (Phi) is 5.00. The third-order valence-electron chi connectivity index (χ3n) is 1.74. The van der Waals surface area contributed by atoms with Crippen LogP contribution in [0.25, 0.3) is 0 Å². The number of rotatable bonds is 6. The second-order valence-corrected chi connectivity index (χ2v) is 2.82. The summed E-state index contributed by atoms with van der Waals surface area (Å²) in [4.78, 5) is 0. The van der Waals surface area contributed by atoms with Gasteiger partial charge in [0.1, 0.15) is 19.0 Å². The van der Waals surface area contributed by atoms with Crippen LogP contribution in [-0.4, -0.2) is 19.9 Å². The van der Waals surface area contributed by atoms with Crippen LogP contribution in [0.4, 0.5) is 4.39 Å². The van der Waals surface area contributed by atoms with Gasteiger partial charge in [0.2, 0.25) is 0 Å². The number of hydrogen-bond acceptors (Lipinski definition) is 2. The summed E-state index contributed by atoms with van der Waals surface area (Å²) in [5.41, 5.74) is 1.10. The molecule has 1 aromatic rings. The van der Waals surface area contributed by atoms with Crippen molar-refractivity contribution in [3.05, 3.63) is 29.8 Å². The number of ether oxygens (including phenoxy) is 2. The Morgan fingerprint density at radius 1 is 1.21 bits per heavy atom. The van der Waals surface area contributed by atoms with Crippen LogP contribution in [-0.2, 0) is 11.3 Å². The van der Waals surface area contributed by atoms with Gasteiger partial charge in [-0.3, -0.25) is 0 Å². The van der Waals surface area contributed by atoms with Gasteiger partial charge < -0.3 is 9.47 Å². The van der Waals surface area contributed by atoms with Crippen molar-refractivity contribution in [1.29, 1.82) is 0 Å². The molecule has 0 unspecified atom stereocenters. The van der Waals surface area contributed by atoms with E-state index in [1.54, 1.807) is 0 Å². The molecule has 3 heteroatoms. The van der Waals surface area contributed by atoms with Crippen molar-refractivity contribution in [2.75, 3.05) is 19.9 Å². The van der Waals surface area contributed by atoms with Crippen molar-refractivity contribution < 1.29 is 13.9 Å². The summed E-state index contributed by atoms with van der Waals surface area (Å²) in [6, 6.07) is 7.49. The van der Waals surface area contributed by atoms with Gasteiger partial charge in [0, 0.05) is 6.61 Å². The molecule has 0 amide bonds. The summed E-state index contributed by atoms with van der Waals surface area (Å²) in [6.07, 6.45) is 0. The van der Waals surface area contributed by atoms with Gasteiger partial charge in [-0.05, 0) is 24.6 Å². The van der Waals surface area contributed by atoms with Crippen LogP contribution in [0.3, 0.4) is 0 Å². The third kappa shape index (κ3) is 3.75. The molecule has 78 valence electrons. The topological polar surface area (TPSA) is 18.5 Å². The smallest absolute Gasteiger partial charge is 0.123 e. The molecule has 0 fully saturated rings. The average Bonchev–Trinajstić information content (AvgIpc) is 2.25. The SMILES string of the molecule is CCOCc1ccc(OCCF)cc1. The van der Waals surface area contributed by atoms with E-state index in [-0.39, 0.29) is 6.61 Å². The summed E-state index contributed by atoms with van der Waals surface area (Å²) in [7, 11) is 0. The lowest BCUT2D eigenvalue weighted by molar-refractivity contribution is 0.134. The van der Waals surface area contributed by atoms with Crippen molar-refractivity contribution in [1.82, 2.24) is 0 Å². The van der Waals surface area contributed by atoms with Gasteiger partial charge in [0.25, 0.3) is 0 Å². The van der Waals surface area contributed by atoms with Crippen LogP contribution in [0.5, 0.6) is 5.75 Å². The van der Waals surface area contributed by atoms with Crippen molar-refractivity contribution in [3.63, 3.8) is 0 Å². The molecule has 0 N–H and O–H groups in total. The van der Waals surface area contributed by atoms with E-state index in [2.05, 4.69) is 0 Å². The number of alkyl halides is 1. The molecule has 1 aromatic carbocycles. The lowest BCUT2D eigenvalue weighted by Gasteiger charge is -2.05. The highest BCUT2D eigenvalue weighted by Gasteiger charge is 1.95. The molecule has 2 nitrogen and oxygen atoms in total. The zero-order chi connectivity index (χ0) is 10.2. The molecule has 0 saturated carbocycles. The molecule has 0 atom stereocenters. The molecular formula is C11H15FO2. The van der Waals surface area contributed by atoms with Crippen LogP contribution in [0.15, 0.2) is 24.3 Å². The fourth-order valence-electron chi connectivity index (χ4n) is 1.06. The van der Waals surface area contributed by atoms with Gasteiger partial charge in [0.15, 0.2) is 0 Å². The van der Waals surface area contributed by atoms with Crippen molar-refractivity contribution >= 4 is 0 Å². The van der Waals surface area contributed by atoms with E-state index < -0.39 is 6.67 Å². The highest BCUT2D eigenvalue weighted by molar-refractivity contribution is 5.26. The Morgan fingerprint density at radius 2 is 1.93 bits per heavy atom. The molecule has 0 saturated heterocycles. The molecule has 0 radical (unpaired) electrons. The minimum absolute atomic E-state index is 0.116. The van der Waals surface area contributed by atoms with Crippen molar-refractivity contribution in [3.8, 4) is 5.75 Å². The Morgan fingerprint density at radius 3 is 2.50 bits per heavy atom. The van der Waals surface area contributed by atoms with Gasteiger partial charge >= 0.3 is 0 Å². The largest absolute Gasteiger partial charge is 0.491 e. The first-order valence-electron chi connectivity index (χ1n) is 4.72. The van der Waals surface area contributed by atoms with Gasteiger partial charge in [-0.2, -0.15) is 0 Å². The molecule has 0 spiro atoms. The van der Waals surface area contributed by atoms with Crippen LogP contribution >= 0.6 is 0 Å². The van der Waals surface area contributed by atoms with Gasteiger partial charge in [-0.25, -0.2) is 4.39 Å². The Labute approximate surface area is 83.6 Å². The third-order valence-corrected chi connectivity index (χ3v) is 1.74. The number of hydrogen-bond donors (Lipinski definition) is 0. The quantitative estimate of drug-likeness (QED) is 0.699. The van der Waals surface area contributed by atoms with Crippen LogP contribution in [0.2, 0.25) is 0 Å². The summed E-state index contributed by atoms with van der Waals surface area (Å²) < 4.78 is 22.1. The lowest BCUT2D eigenvalue weighted by Crippen LogP contribution is -1.98. The summed E-state index contributed by atoms with van der Waals surface area (Å²) >= 11 is 0. The lowest BCUT2D eigenvalue weighted by atomic mass is 10.2. The van der Waals surface area contributed by atoms with E-state index in [4.69, 9.17) is 9.47 Å². The van der Waals surface area contributed by atoms with E-state index in [0.717, 1.165) is 5.56 Å². The molecule has 1 rings (SSSR count). The van der Waals surface area contributed by atoms with E-state index in [9.17, 15) is 4.39 Å². The summed E-state index contributed by atoms with van der Waals surface area (Å²) in [5, 5.41) is 0. The first kappa shape index (κ1) is 11.0. The van der Waals surface area contributed by atoms with E-state index in [0.29, 0.717) is 19.0 Å². The van der Waals surface area contributed by atoms with Crippen LogP contribution < -0.4 is 4.74 Å². The highest BCUT2D eigenvalue weighted by atomic mass is 19.1. The molecule has 0 aromatic heterocycles. The Hall–Kier alpha value is -1.09. The van der Waals surface area contributed by atoms with Gasteiger partial charge in [0.05, 0.1) is 6.61 Å². The molecule has 0 aliphatic heterocycles. The maximum absolute atomic E-state index is 11.8. The minimum atomic E-state index is -0.458. The molecule has 0 bridgehead atoms. The van der Waals surface area contributed by atoms with Crippen LogP contribution in [0, 0.1) is 0 Å². The predicted octanol–water partition coefficient (Wildman–Crippen LogP) is 2.57. The molecule has 0 aliphatic carbocycles. The number of halogens is 1. The van der Waals surface area contributed by atoms with E-state index >= 15 is 0 Å².